The number of anilines is 1. The molecule has 0 bridgehead atoms. The van der Waals surface area contributed by atoms with Crippen LogP contribution >= 0.6 is 0 Å². The van der Waals surface area contributed by atoms with E-state index in [1.54, 1.807) is 0 Å². The van der Waals surface area contributed by atoms with Gasteiger partial charge in [-0.05, 0) is 36.4 Å². The maximum absolute atomic E-state index is 13.2. The highest BCUT2D eigenvalue weighted by atomic mass is 19.1. The highest BCUT2D eigenvalue weighted by molar-refractivity contribution is 5.86. The predicted molar refractivity (Wildman–Crippen MR) is 62.4 cm³/mol. The lowest BCUT2D eigenvalue weighted by atomic mass is 10.3. The van der Waals surface area contributed by atoms with Crippen molar-refractivity contribution in [1.29, 1.82) is 0 Å². The minimum atomic E-state index is -0.961. The number of hydrogen-bond donors (Lipinski definition) is 1. The molecule has 0 aliphatic carbocycles. The van der Waals surface area contributed by atoms with E-state index in [0.29, 0.717) is 6.07 Å². The summed E-state index contributed by atoms with van der Waals surface area (Å²) in [4.78, 5) is 11.4. The molecule has 0 aliphatic rings. The molecule has 0 saturated carbocycles. The third-order valence-corrected chi connectivity index (χ3v) is 2.19. The molecule has 1 N–H and O–H groups in total. The van der Waals surface area contributed by atoms with Gasteiger partial charge in [0, 0.05) is 6.07 Å². The summed E-state index contributed by atoms with van der Waals surface area (Å²) >= 11 is 0. The summed E-state index contributed by atoms with van der Waals surface area (Å²) in [5.41, 5.74) is -0.214. The fourth-order valence-corrected chi connectivity index (χ4v) is 1.34. The molecule has 3 nitrogen and oxygen atoms in total. The van der Waals surface area contributed by atoms with Crippen molar-refractivity contribution < 1.29 is 22.7 Å². The molecule has 0 aliphatic heterocycles. The molecule has 1 amide bonds. The Kier molecular flexibility index (Phi) is 3.70. The second-order valence-corrected chi connectivity index (χ2v) is 3.59. The van der Waals surface area contributed by atoms with Crippen molar-refractivity contribution in [3.8, 4) is 5.75 Å². The normalized spacial score (nSPS) is 10.1. The molecule has 0 heterocycles. The van der Waals surface area contributed by atoms with Gasteiger partial charge in [0.1, 0.15) is 23.2 Å². The smallest absolute Gasteiger partial charge is 0.410 e. The van der Waals surface area contributed by atoms with Crippen molar-refractivity contribution in [2.24, 2.45) is 0 Å². The SMILES string of the molecule is O=C(Nc1ccc(F)cc1F)Oc1ccc(F)cc1. The molecule has 0 fully saturated rings. The van der Waals surface area contributed by atoms with E-state index in [2.05, 4.69) is 5.32 Å². The maximum Gasteiger partial charge on any atom is 0.417 e. The van der Waals surface area contributed by atoms with Crippen LogP contribution in [0.5, 0.6) is 5.75 Å². The first-order chi connectivity index (χ1) is 9.04. The maximum atomic E-state index is 13.2. The molecule has 0 saturated heterocycles. The first kappa shape index (κ1) is 12.9. The van der Waals surface area contributed by atoms with Crippen LogP contribution in [0.25, 0.3) is 0 Å². The van der Waals surface area contributed by atoms with Gasteiger partial charge < -0.3 is 4.74 Å². The second kappa shape index (κ2) is 5.43. The summed E-state index contributed by atoms with van der Waals surface area (Å²) in [6, 6.07) is 7.41. The zero-order valence-electron chi connectivity index (χ0n) is 9.49. The molecule has 2 rings (SSSR count). The summed E-state index contributed by atoms with van der Waals surface area (Å²) in [7, 11) is 0. The van der Waals surface area contributed by atoms with Crippen molar-refractivity contribution in [3.63, 3.8) is 0 Å². The summed E-state index contributed by atoms with van der Waals surface area (Å²) in [5.74, 6) is -2.05. The summed E-state index contributed by atoms with van der Waals surface area (Å²) in [5, 5.41) is 2.10. The molecule has 0 unspecified atom stereocenters. The molecule has 98 valence electrons. The van der Waals surface area contributed by atoms with Gasteiger partial charge in [0.25, 0.3) is 0 Å². The van der Waals surface area contributed by atoms with E-state index in [-0.39, 0.29) is 11.4 Å². The van der Waals surface area contributed by atoms with Gasteiger partial charge in [0.15, 0.2) is 0 Å². The van der Waals surface area contributed by atoms with Crippen molar-refractivity contribution in [3.05, 3.63) is 59.9 Å². The second-order valence-electron chi connectivity index (χ2n) is 3.59. The van der Waals surface area contributed by atoms with Crippen molar-refractivity contribution in [2.45, 2.75) is 0 Å². The monoisotopic (exact) mass is 267 g/mol. The molecular formula is C13H8F3NO2. The lowest BCUT2D eigenvalue weighted by Crippen LogP contribution is -2.17. The quantitative estimate of drug-likeness (QED) is 0.900. The third kappa shape index (κ3) is 3.48. The summed E-state index contributed by atoms with van der Waals surface area (Å²) in [6.07, 6.45) is -0.961. The molecule has 6 heteroatoms. The van der Waals surface area contributed by atoms with E-state index in [9.17, 15) is 18.0 Å². The zero-order valence-corrected chi connectivity index (χ0v) is 9.49. The number of ether oxygens (including phenoxy) is 1. The van der Waals surface area contributed by atoms with Crippen LogP contribution in [0.4, 0.5) is 23.7 Å². The Hall–Kier alpha value is -2.50. The van der Waals surface area contributed by atoms with Crippen LogP contribution in [0.1, 0.15) is 0 Å². The largest absolute Gasteiger partial charge is 0.417 e. The van der Waals surface area contributed by atoms with Gasteiger partial charge in [-0.1, -0.05) is 0 Å². The molecule has 2 aromatic rings. The number of rotatable bonds is 2. The molecular weight excluding hydrogens is 259 g/mol. The van der Waals surface area contributed by atoms with Gasteiger partial charge in [-0.25, -0.2) is 18.0 Å². The number of benzene rings is 2. The minimum Gasteiger partial charge on any atom is -0.410 e. The lowest BCUT2D eigenvalue weighted by molar-refractivity contribution is 0.215. The first-order valence-electron chi connectivity index (χ1n) is 5.24. The Labute approximate surface area is 106 Å². The van der Waals surface area contributed by atoms with Crippen LogP contribution in [-0.4, -0.2) is 6.09 Å². The fraction of sp³-hybridized carbons (Fsp3) is 0. The molecule has 19 heavy (non-hydrogen) atoms. The molecule has 0 atom stereocenters. The Morgan fingerprint density at radius 3 is 2.21 bits per heavy atom. The van der Waals surface area contributed by atoms with Crippen LogP contribution < -0.4 is 10.1 Å². The standard InChI is InChI=1S/C13H8F3NO2/c14-8-1-4-10(5-2-8)19-13(18)17-12-6-3-9(15)7-11(12)16/h1-7H,(H,17,18). The zero-order chi connectivity index (χ0) is 13.8. The summed E-state index contributed by atoms with van der Waals surface area (Å²) in [6.45, 7) is 0. The number of hydrogen-bond acceptors (Lipinski definition) is 2. The van der Waals surface area contributed by atoms with Gasteiger partial charge in [-0.15, -0.1) is 0 Å². The topological polar surface area (TPSA) is 38.3 Å². The number of carbonyl (C=O) groups excluding carboxylic acids is 1. The van der Waals surface area contributed by atoms with Crippen molar-refractivity contribution in [1.82, 2.24) is 0 Å². The fourth-order valence-electron chi connectivity index (χ4n) is 1.34. The van der Waals surface area contributed by atoms with E-state index < -0.39 is 23.5 Å². The average Bonchev–Trinajstić information content (AvgIpc) is 2.36. The lowest BCUT2D eigenvalue weighted by Gasteiger charge is -2.07. The molecule has 0 aromatic heterocycles. The van der Waals surface area contributed by atoms with Crippen molar-refractivity contribution in [2.75, 3.05) is 5.32 Å². The highest BCUT2D eigenvalue weighted by Crippen LogP contribution is 2.16. The van der Waals surface area contributed by atoms with E-state index in [1.807, 2.05) is 0 Å². The van der Waals surface area contributed by atoms with Crippen LogP contribution in [-0.2, 0) is 0 Å². The van der Waals surface area contributed by atoms with Crippen LogP contribution in [0.3, 0.4) is 0 Å². The molecule has 0 spiro atoms. The number of amides is 1. The van der Waals surface area contributed by atoms with E-state index in [4.69, 9.17) is 4.74 Å². The molecule has 2 aromatic carbocycles. The van der Waals surface area contributed by atoms with Gasteiger partial charge in [0.05, 0.1) is 5.69 Å². The number of nitrogens with one attached hydrogen (secondary N) is 1. The van der Waals surface area contributed by atoms with Crippen LogP contribution in [0.15, 0.2) is 42.5 Å². The van der Waals surface area contributed by atoms with Crippen molar-refractivity contribution >= 4 is 11.8 Å². The Bertz CT molecular complexity index is 599. The Morgan fingerprint density at radius 1 is 0.947 bits per heavy atom. The van der Waals surface area contributed by atoms with Gasteiger partial charge in [0.2, 0.25) is 0 Å². The average molecular weight is 267 g/mol. The van der Waals surface area contributed by atoms with E-state index in [1.165, 1.54) is 12.1 Å². The van der Waals surface area contributed by atoms with Crippen LogP contribution in [0.2, 0.25) is 0 Å². The van der Waals surface area contributed by atoms with Gasteiger partial charge in [-0.2, -0.15) is 0 Å². The number of halogens is 3. The summed E-state index contributed by atoms with van der Waals surface area (Å²) < 4.78 is 43.3. The van der Waals surface area contributed by atoms with E-state index >= 15 is 0 Å². The first-order valence-corrected chi connectivity index (χ1v) is 5.24. The Balaban J connectivity index is 2.03. The molecule has 0 radical (unpaired) electrons. The van der Waals surface area contributed by atoms with Crippen LogP contribution in [0, 0.1) is 17.5 Å². The van der Waals surface area contributed by atoms with Gasteiger partial charge >= 0.3 is 6.09 Å². The van der Waals surface area contributed by atoms with Gasteiger partial charge in [-0.3, -0.25) is 5.32 Å². The Morgan fingerprint density at radius 2 is 1.58 bits per heavy atom. The third-order valence-electron chi connectivity index (χ3n) is 2.19. The predicted octanol–water partition coefficient (Wildman–Crippen LogP) is 3.71. The highest BCUT2D eigenvalue weighted by Gasteiger charge is 2.09. The number of carbonyl (C=O) groups is 1. The van der Waals surface area contributed by atoms with E-state index in [0.717, 1.165) is 24.3 Å². The minimum absolute atomic E-state index is 0.0985.